The fourth-order valence-electron chi connectivity index (χ4n) is 3.19. The van der Waals surface area contributed by atoms with Crippen molar-refractivity contribution in [3.63, 3.8) is 0 Å². The van der Waals surface area contributed by atoms with Crippen LogP contribution in [-0.4, -0.2) is 36.1 Å². The van der Waals surface area contributed by atoms with E-state index >= 15 is 0 Å². The number of aromatic nitrogens is 1. The monoisotopic (exact) mass is 363 g/mol. The maximum Gasteiger partial charge on any atom is 0.525 e. The van der Waals surface area contributed by atoms with Crippen LogP contribution in [0.1, 0.15) is 46.1 Å². The van der Waals surface area contributed by atoms with Crippen LogP contribution < -0.4 is 5.56 Å². The molecule has 26 heavy (non-hydrogen) atoms. The van der Waals surface area contributed by atoms with Gasteiger partial charge in [0.2, 0.25) is 0 Å². The zero-order valence-corrected chi connectivity index (χ0v) is 16.0. The lowest BCUT2D eigenvalue weighted by Crippen LogP contribution is -2.41. The Bertz CT molecular complexity index is 721. The highest BCUT2D eigenvalue weighted by molar-refractivity contribution is 6.54. The molecule has 1 aromatic heterocycles. The van der Waals surface area contributed by atoms with E-state index in [9.17, 15) is 9.18 Å². The van der Waals surface area contributed by atoms with Crippen LogP contribution in [0.15, 0.2) is 28.9 Å². The fraction of sp³-hybridized carbons (Fsp3) is 0.632. The van der Waals surface area contributed by atoms with E-state index in [2.05, 4.69) is 0 Å². The van der Waals surface area contributed by atoms with E-state index in [0.29, 0.717) is 18.0 Å². The van der Waals surface area contributed by atoms with Crippen molar-refractivity contribution in [3.8, 4) is 0 Å². The fourth-order valence-corrected chi connectivity index (χ4v) is 3.19. The number of pyridine rings is 1. The first kappa shape index (κ1) is 19.3. The Labute approximate surface area is 154 Å². The molecular formula is C19H27BFNO4. The Hall–Kier alpha value is -1.44. The number of ether oxygens (including phenoxy) is 1. The van der Waals surface area contributed by atoms with Crippen LogP contribution in [0, 0.1) is 5.92 Å². The van der Waals surface area contributed by atoms with Crippen molar-refractivity contribution < 1.29 is 18.4 Å². The van der Waals surface area contributed by atoms with Gasteiger partial charge in [0, 0.05) is 31.5 Å². The van der Waals surface area contributed by atoms with Crippen LogP contribution in [-0.2, 0) is 20.6 Å². The number of nitrogens with zero attached hydrogens (tertiary/aromatic N) is 1. The van der Waals surface area contributed by atoms with Crippen molar-refractivity contribution in [2.24, 2.45) is 5.92 Å². The highest BCUT2D eigenvalue weighted by atomic mass is 19.1. The molecule has 5 nitrogen and oxygen atoms in total. The quantitative estimate of drug-likeness (QED) is 0.771. The third-order valence-electron chi connectivity index (χ3n) is 5.62. The van der Waals surface area contributed by atoms with E-state index in [0.717, 1.165) is 26.1 Å². The van der Waals surface area contributed by atoms with Gasteiger partial charge in [-0.05, 0) is 64.7 Å². The third kappa shape index (κ3) is 3.95. The Morgan fingerprint density at radius 1 is 1.27 bits per heavy atom. The van der Waals surface area contributed by atoms with Crippen LogP contribution in [0.4, 0.5) is 4.39 Å². The molecule has 142 valence electrons. The molecule has 1 aromatic rings. The van der Waals surface area contributed by atoms with Gasteiger partial charge in [-0.2, -0.15) is 0 Å². The largest absolute Gasteiger partial charge is 0.525 e. The van der Waals surface area contributed by atoms with Crippen LogP contribution in [0.3, 0.4) is 0 Å². The van der Waals surface area contributed by atoms with Gasteiger partial charge >= 0.3 is 7.12 Å². The van der Waals surface area contributed by atoms with Gasteiger partial charge in [-0.15, -0.1) is 0 Å². The summed E-state index contributed by atoms with van der Waals surface area (Å²) in [4.78, 5) is 12.7. The highest BCUT2D eigenvalue weighted by Gasteiger charge is 2.53. The molecule has 0 aliphatic carbocycles. The lowest BCUT2D eigenvalue weighted by atomic mass is 9.87. The van der Waals surface area contributed by atoms with E-state index < -0.39 is 24.0 Å². The molecule has 3 heterocycles. The average Bonchev–Trinajstić information content (AvgIpc) is 2.80. The maximum atomic E-state index is 14.7. The topological polar surface area (TPSA) is 49.7 Å². The van der Waals surface area contributed by atoms with Crippen molar-refractivity contribution in [2.45, 2.75) is 58.3 Å². The first-order valence-corrected chi connectivity index (χ1v) is 9.19. The van der Waals surface area contributed by atoms with E-state index in [-0.39, 0.29) is 5.56 Å². The molecule has 0 spiro atoms. The minimum atomic E-state index is -1.09. The van der Waals surface area contributed by atoms with E-state index in [1.54, 1.807) is 22.9 Å². The maximum absolute atomic E-state index is 14.7. The molecule has 0 aromatic carbocycles. The van der Waals surface area contributed by atoms with Gasteiger partial charge in [0.1, 0.15) is 5.73 Å². The minimum Gasteiger partial charge on any atom is -0.398 e. The molecule has 0 saturated carbocycles. The van der Waals surface area contributed by atoms with Gasteiger partial charge in [-0.1, -0.05) is 0 Å². The first-order valence-electron chi connectivity index (χ1n) is 9.19. The van der Waals surface area contributed by atoms with Crippen LogP contribution in [0.5, 0.6) is 0 Å². The summed E-state index contributed by atoms with van der Waals surface area (Å²) in [7, 11) is -1.09. The first-order chi connectivity index (χ1) is 12.2. The molecule has 0 bridgehead atoms. The van der Waals surface area contributed by atoms with Gasteiger partial charge in [0.05, 0.1) is 11.2 Å². The summed E-state index contributed by atoms with van der Waals surface area (Å²) >= 11 is 0. The Morgan fingerprint density at radius 2 is 1.88 bits per heavy atom. The lowest BCUT2D eigenvalue weighted by molar-refractivity contribution is 0.00578. The summed E-state index contributed by atoms with van der Waals surface area (Å²) < 4.78 is 33.1. The van der Waals surface area contributed by atoms with Crippen LogP contribution >= 0.6 is 0 Å². The van der Waals surface area contributed by atoms with Gasteiger partial charge in [-0.3, -0.25) is 4.79 Å². The molecule has 3 rings (SSSR count). The van der Waals surface area contributed by atoms with Crippen molar-refractivity contribution >= 4 is 13.2 Å². The molecular weight excluding hydrogens is 336 g/mol. The summed E-state index contributed by atoms with van der Waals surface area (Å²) in [5.41, 5.74) is -1.74. The molecule has 2 saturated heterocycles. The van der Waals surface area contributed by atoms with Crippen LogP contribution in [0.2, 0.25) is 0 Å². The predicted molar refractivity (Wildman–Crippen MR) is 99.4 cm³/mol. The zero-order chi connectivity index (χ0) is 18.9. The molecule has 0 unspecified atom stereocenters. The zero-order valence-electron chi connectivity index (χ0n) is 16.0. The molecule has 0 radical (unpaired) electrons. The second-order valence-corrected chi connectivity index (χ2v) is 8.09. The smallest absolute Gasteiger partial charge is 0.398 e. The average molecular weight is 363 g/mol. The molecule has 7 heteroatoms. The van der Waals surface area contributed by atoms with Gasteiger partial charge < -0.3 is 18.6 Å². The minimum absolute atomic E-state index is 0.203. The third-order valence-corrected chi connectivity index (χ3v) is 5.62. The summed E-state index contributed by atoms with van der Waals surface area (Å²) in [6.45, 7) is 9.55. The second-order valence-electron chi connectivity index (χ2n) is 8.09. The molecule has 2 fully saturated rings. The van der Waals surface area contributed by atoms with Crippen molar-refractivity contribution in [1.29, 1.82) is 0 Å². The normalized spacial score (nSPS) is 23.4. The van der Waals surface area contributed by atoms with E-state index in [1.165, 1.54) is 6.08 Å². The number of rotatable bonds is 4. The number of halogens is 1. The highest BCUT2D eigenvalue weighted by Crippen LogP contribution is 2.38. The van der Waals surface area contributed by atoms with Gasteiger partial charge in [0.15, 0.2) is 0 Å². The summed E-state index contributed by atoms with van der Waals surface area (Å²) in [5.74, 6) is 0.411. The predicted octanol–water partition coefficient (Wildman–Crippen LogP) is 3.22. The van der Waals surface area contributed by atoms with Gasteiger partial charge in [-0.25, -0.2) is 4.39 Å². The molecule has 2 aliphatic heterocycles. The van der Waals surface area contributed by atoms with Crippen molar-refractivity contribution in [2.75, 3.05) is 13.2 Å². The Morgan fingerprint density at radius 3 is 2.50 bits per heavy atom. The van der Waals surface area contributed by atoms with E-state index in [1.807, 2.05) is 27.7 Å². The number of hydrogen-bond donors (Lipinski definition) is 0. The summed E-state index contributed by atoms with van der Waals surface area (Å²) in [6.07, 6.45) is 4.86. The van der Waals surface area contributed by atoms with Crippen molar-refractivity contribution in [1.82, 2.24) is 4.57 Å². The van der Waals surface area contributed by atoms with E-state index in [4.69, 9.17) is 14.0 Å². The molecule has 0 N–H and O–H groups in total. The number of hydrogen-bond acceptors (Lipinski definition) is 4. The lowest BCUT2D eigenvalue weighted by Gasteiger charge is -2.32. The molecule has 2 aliphatic rings. The summed E-state index contributed by atoms with van der Waals surface area (Å²) in [6, 6.07) is 3.39. The van der Waals surface area contributed by atoms with Crippen molar-refractivity contribution in [3.05, 3.63) is 40.0 Å². The molecule has 0 amide bonds. The standard InChI is InChI=1S/C19H27BFNO4/c1-18(2)19(3,4)26-20(25-18)16(21)12-15-6-5-9-22(17(15)23)13-14-7-10-24-11-8-14/h5-6,9,12,14H,7-8,10-11,13H2,1-4H3. The SMILES string of the molecule is CC1(C)OB(C(F)=Cc2cccn(CC3CCOCC3)c2=O)OC1(C)C. The Kier molecular flexibility index (Phi) is 5.42. The Balaban J connectivity index is 1.78. The van der Waals surface area contributed by atoms with Crippen LogP contribution in [0.25, 0.3) is 6.08 Å². The second kappa shape index (κ2) is 7.29. The summed E-state index contributed by atoms with van der Waals surface area (Å²) in [5, 5.41) is 0. The molecule has 0 atom stereocenters. The van der Waals surface area contributed by atoms with Gasteiger partial charge in [0.25, 0.3) is 5.56 Å².